The van der Waals surface area contributed by atoms with Gasteiger partial charge in [0.1, 0.15) is 11.6 Å². The van der Waals surface area contributed by atoms with Crippen LogP contribution in [0.25, 0.3) is 0 Å². The van der Waals surface area contributed by atoms with E-state index in [1.807, 2.05) is 0 Å². The summed E-state index contributed by atoms with van der Waals surface area (Å²) in [6.07, 6.45) is 1.17. The Labute approximate surface area is 150 Å². The number of halogens is 2. The average Bonchev–Trinajstić information content (AvgIpc) is 3.35. The van der Waals surface area contributed by atoms with Gasteiger partial charge in [-0.3, -0.25) is 14.4 Å². The molecule has 2 unspecified atom stereocenters. The minimum Gasteiger partial charge on any atom is -0.481 e. The van der Waals surface area contributed by atoms with Crippen molar-refractivity contribution in [3.05, 3.63) is 35.4 Å². The first kappa shape index (κ1) is 19.8. The van der Waals surface area contributed by atoms with Gasteiger partial charge in [0, 0.05) is 25.1 Å². The van der Waals surface area contributed by atoms with E-state index in [0.29, 0.717) is 0 Å². The highest BCUT2D eigenvalue weighted by atomic mass is 19.1. The van der Waals surface area contributed by atoms with Gasteiger partial charge >= 0.3 is 5.97 Å². The van der Waals surface area contributed by atoms with Gasteiger partial charge in [0.15, 0.2) is 0 Å². The van der Waals surface area contributed by atoms with Gasteiger partial charge in [0.25, 0.3) is 0 Å². The molecule has 1 aliphatic carbocycles. The summed E-state index contributed by atoms with van der Waals surface area (Å²) < 4.78 is 28.2. The highest BCUT2D eigenvalue weighted by molar-refractivity contribution is 5.80. The van der Waals surface area contributed by atoms with Crippen LogP contribution in [0, 0.1) is 17.6 Å². The van der Waals surface area contributed by atoms with Crippen LogP contribution in [0.1, 0.15) is 44.7 Å². The zero-order valence-electron chi connectivity index (χ0n) is 14.7. The second-order valence-corrected chi connectivity index (χ2v) is 6.61. The summed E-state index contributed by atoms with van der Waals surface area (Å²) in [5, 5.41) is 11.5. The Kier molecular flexibility index (Phi) is 6.28. The van der Waals surface area contributed by atoms with Crippen LogP contribution < -0.4 is 5.32 Å². The largest absolute Gasteiger partial charge is 0.481 e. The maximum Gasteiger partial charge on any atom is 0.308 e. The Morgan fingerprint density at radius 3 is 2.31 bits per heavy atom. The molecule has 0 heterocycles. The summed E-state index contributed by atoms with van der Waals surface area (Å²) >= 11 is 0. The fraction of sp³-hybridized carbons (Fsp3) is 0.500. The van der Waals surface area contributed by atoms with Gasteiger partial charge in [-0.15, -0.1) is 0 Å². The van der Waals surface area contributed by atoms with Crippen LogP contribution in [0.15, 0.2) is 18.2 Å². The fourth-order valence-electron chi connectivity index (χ4n) is 2.82. The third kappa shape index (κ3) is 5.00. The maximum absolute atomic E-state index is 14.1. The summed E-state index contributed by atoms with van der Waals surface area (Å²) in [6.45, 7) is 2.71. The number of amides is 2. The number of nitrogens with one attached hydrogen (secondary N) is 1. The summed E-state index contributed by atoms with van der Waals surface area (Å²) in [4.78, 5) is 36.7. The Hall–Kier alpha value is -2.51. The lowest BCUT2D eigenvalue weighted by molar-refractivity contribution is -0.143. The van der Waals surface area contributed by atoms with Gasteiger partial charge in [0.05, 0.1) is 18.4 Å². The van der Waals surface area contributed by atoms with Gasteiger partial charge in [-0.05, 0) is 25.0 Å². The highest BCUT2D eigenvalue weighted by Crippen LogP contribution is 2.31. The van der Waals surface area contributed by atoms with Crippen LogP contribution in [-0.4, -0.2) is 40.4 Å². The van der Waals surface area contributed by atoms with E-state index in [1.165, 1.54) is 24.8 Å². The van der Waals surface area contributed by atoms with Crippen LogP contribution in [0.4, 0.5) is 8.78 Å². The van der Waals surface area contributed by atoms with Crippen LogP contribution in [0.2, 0.25) is 0 Å². The molecular weight excluding hydrogens is 346 g/mol. The number of carboxylic acids is 1. The maximum atomic E-state index is 14.1. The molecule has 2 rings (SSSR count). The molecule has 1 saturated carbocycles. The predicted molar refractivity (Wildman–Crippen MR) is 89.1 cm³/mol. The molecule has 0 saturated heterocycles. The smallest absolute Gasteiger partial charge is 0.308 e. The molecular formula is C18H22F2N2O4. The lowest BCUT2D eigenvalue weighted by Gasteiger charge is -2.27. The number of carbonyl (C=O) groups excluding carboxylic acids is 2. The first-order valence-electron chi connectivity index (χ1n) is 8.44. The van der Waals surface area contributed by atoms with Crippen molar-refractivity contribution in [2.75, 3.05) is 6.54 Å². The molecule has 1 aromatic carbocycles. The topological polar surface area (TPSA) is 86.7 Å². The third-order valence-corrected chi connectivity index (χ3v) is 4.30. The minimum atomic E-state index is -1.16. The van der Waals surface area contributed by atoms with Crippen molar-refractivity contribution in [2.24, 2.45) is 5.92 Å². The van der Waals surface area contributed by atoms with Gasteiger partial charge in [0.2, 0.25) is 11.8 Å². The van der Waals surface area contributed by atoms with Crippen LogP contribution in [0.5, 0.6) is 0 Å². The van der Waals surface area contributed by atoms with Gasteiger partial charge in [-0.1, -0.05) is 13.0 Å². The van der Waals surface area contributed by atoms with Crippen molar-refractivity contribution in [1.29, 1.82) is 0 Å². The van der Waals surface area contributed by atoms with Crippen molar-refractivity contribution < 1.29 is 28.3 Å². The summed E-state index contributed by atoms with van der Waals surface area (Å²) in [7, 11) is 0. The molecule has 1 aromatic rings. The molecule has 1 fully saturated rings. The molecule has 2 N–H and O–H groups in total. The summed E-state index contributed by atoms with van der Waals surface area (Å²) in [6, 6.07) is 2.09. The monoisotopic (exact) mass is 368 g/mol. The number of nitrogens with zero attached hydrogens (tertiary/aromatic N) is 1. The predicted octanol–water partition coefficient (Wildman–Crippen LogP) is 2.24. The molecule has 2 atom stereocenters. The van der Waals surface area contributed by atoms with Crippen LogP contribution in [-0.2, 0) is 14.4 Å². The van der Waals surface area contributed by atoms with E-state index in [1.54, 1.807) is 0 Å². The highest BCUT2D eigenvalue weighted by Gasteiger charge is 2.36. The van der Waals surface area contributed by atoms with Crippen molar-refractivity contribution in [3.8, 4) is 0 Å². The van der Waals surface area contributed by atoms with E-state index >= 15 is 0 Å². The Morgan fingerprint density at radius 1 is 1.27 bits per heavy atom. The third-order valence-electron chi connectivity index (χ3n) is 4.30. The lowest BCUT2D eigenvalue weighted by atomic mass is 10.0. The fourth-order valence-corrected chi connectivity index (χ4v) is 2.82. The van der Waals surface area contributed by atoms with Crippen LogP contribution in [0.3, 0.4) is 0 Å². The number of hydrogen-bond donors (Lipinski definition) is 2. The molecule has 0 bridgehead atoms. The number of carboxylic acid groups (broad SMARTS) is 1. The van der Waals surface area contributed by atoms with Crippen molar-refractivity contribution in [3.63, 3.8) is 0 Å². The number of rotatable bonds is 8. The Morgan fingerprint density at radius 2 is 1.85 bits per heavy atom. The van der Waals surface area contributed by atoms with Crippen LogP contribution >= 0.6 is 0 Å². The lowest BCUT2D eigenvalue weighted by Crippen LogP contribution is -2.41. The van der Waals surface area contributed by atoms with Gasteiger partial charge in [-0.2, -0.15) is 0 Å². The molecule has 8 heteroatoms. The second kappa shape index (κ2) is 8.25. The minimum absolute atomic E-state index is 0.0192. The number of benzene rings is 1. The zero-order valence-corrected chi connectivity index (χ0v) is 14.7. The molecule has 1 aliphatic rings. The number of carbonyl (C=O) groups is 3. The van der Waals surface area contributed by atoms with E-state index in [-0.39, 0.29) is 24.6 Å². The summed E-state index contributed by atoms with van der Waals surface area (Å²) in [5.74, 6) is -4.46. The molecule has 2 amide bonds. The van der Waals surface area contributed by atoms with Gasteiger partial charge < -0.3 is 15.3 Å². The van der Waals surface area contributed by atoms with E-state index < -0.39 is 41.4 Å². The molecule has 0 aromatic heterocycles. The quantitative estimate of drug-likeness (QED) is 0.737. The zero-order chi connectivity index (χ0) is 19.4. The average molecular weight is 368 g/mol. The van der Waals surface area contributed by atoms with E-state index in [0.717, 1.165) is 25.0 Å². The molecule has 0 aliphatic heterocycles. The SMILES string of the molecule is CC(=O)NC(CC(=O)N(CC(C)C(=O)O)C1CC1)c1c(F)cccc1F. The molecule has 6 nitrogen and oxygen atoms in total. The van der Waals surface area contributed by atoms with E-state index in [4.69, 9.17) is 5.11 Å². The van der Waals surface area contributed by atoms with E-state index in [2.05, 4.69) is 5.32 Å². The molecule has 26 heavy (non-hydrogen) atoms. The first-order valence-corrected chi connectivity index (χ1v) is 8.44. The normalized spacial score (nSPS) is 15.8. The van der Waals surface area contributed by atoms with Crippen molar-refractivity contribution >= 4 is 17.8 Å². The Bertz CT molecular complexity index is 686. The van der Waals surface area contributed by atoms with Crippen molar-refractivity contribution in [2.45, 2.75) is 45.2 Å². The Balaban J connectivity index is 2.22. The second-order valence-electron chi connectivity index (χ2n) is 6.61. The standard InChI is InChI=1S/C18H22F2N2O4/c1-10(18(25)26)9-22(12-6-7-12)16(24)8-15(21-11(2)23)17-13(19)4-3-5-14(17)20/h3-5,10,12,15H,6-9H2,1-2H3,(H,21,23)(H,25,26). The van der Waals surface area contributed by atoms with E-state index in [9.17, 15) is 23.2 Å². The first-order chi connectivity index (χ1) is 12.2. The molecule has 0 spiro atoms. The number of aliphatic carboxylic acids is 1. The van der Waals surface area contributed by atoms with Crippen molar-refractivity contribution in [1.82, 2.24) is 10.2 Å². The number of hydrogen-bond acceptors (Lipinski definition) is 3. The van der Waals surface area contributed by atoms with Gasteiger partial charge in [-0.25, -0.2) is 8.78 Å². The summed E-state index contributed by atoms with van der Waals surface area (Å²) in [5.41, 5.74) is -0.377. The molecule has 142 valence electrons. The molecule has 0 radical (unpaired) electrons.